The van der Waals surface area contributed by atoms with Crippen LogP contribution in [0.5, 0.6) is 0 Å². The molecule has 0 N–H and O–H groups in total. The van der Waals surface area contributed by atoms with Gasteiger partial charge in [0.05, 0.1) is 23.5 Å². The summed E-state index contributed by atoms with van der Waals surface area (Å²) >= 11 is 1.36. The lowest BCUT2D eigenvalue weighted by Crippen LogP contribution is -2.40. The fourth-order valence-corrected chi connectivity index (χ4v) is 5.18. The van der Waals surface area contributed by atoms with Crippen molar-refractivity contribution in [1.29, 1.82) is 0 Å². The summed E-state index contributed by atoms with van der Waals surface area (Å²) in [5.74, 6) is 0.344. The van der Waals surface area contributed by atoms with Crippen LogP contribution in [0.2, 0.25) is 0 Å². The molecule has 0 unspecified atom stereocenters. The molecular weight excluding hydrogens is 443 g/mol. The molecule has 3 heterocycles. The van der Waals surface area contributed by atoms with Gasteiger partial charge in [-0.15, -0.1) is 0 Å². The van der Waals surface area contributed by atoms with Crippen LogP contribution in [0.3, 0.4) is 0 Å². The molecule has 1 aliphatic heterocycles. The molecule has 8 nitrogen and oxygen atoms in total. The lowest BCUT2D eigenvalue weighted by Gasteiger charge is -2.25. The predicted octanol–water partition coefficient (Wildman–Crippen LogP) is 3.45. The lowest BCUT2D eigenvalue weighted by molar-refractivity contribution is 0.0730. The Morgan fingerprint density at radius 2 is 1.97 bits per heavy atom. The maximum atomic E-state index is 13.8. The quantitative estimate of drug-likeness (QED) is 0.512. The average molecular weight is 465 g/mol. The average Bonchev–Trinajstić information content (AvgIpc) is 3.27. The van der Waals surface area contributed by atoms with Gasteiger partial charge in [0.15, 0.2) is 0 Å². The topological polar surface area (TPSA) is 98.4 Å². The third kappa shape index (κ3) is 4.79. The van der Waals surface area contributed by atoms with E-state index in [1.807, 2.05) is 6.92 Å². The first kappa shape index (κ1) is 21.9. The van der Waals surface area contributed by atoms with Gasteiger partial charge in [0.2, 0.25) is 21.7 Å². The van der Waals surface area contributed by atoms with Gasteiger partial charge in [0, 0.05) is 24.8 Å². The van der Waals surface area contributed by atoms with Crippen molar-refractivity contribution in [3.63, 3.8) is 0 Å². The van der Waals surface area contributed by atoms with Crippen LogP contribution in [0.4, 0.5) is 4.39 Å². The van der Waals surface area contributed by atoms with Crippen LogP contribution in [0.15, 0.2) is 51.0 Å². The Balaban J connectivity index is 1.45. The van der Waals surface area contributed by atoms with Crippen molar-refractivity contribution in [3.05, 3.63) is 53.8 Å². The highest BCUT2D eigenvalue weighted by atomic mass is 32.2. The second-order valence-electron chi connectivity index (χ2n) is 7.03. The number of pyridine rings is 1. The molecule has 0 spiro atoms. The molecule has 1 saturated heterocycles. The molecule has 164 valence electrons. The van der Waals surface area contributed by atoms with Crippen molar-refractivity contribution < 1.29 is 22.1 Å². The second-order valence-corrected chi connectivity index (χ2v) is 10.3. The number of benzene rings is 1. The largest absolute Gasteiger partial charge is 0.379 e. The van der Waals surface area contributed by atoms with Crippen LogP contribution in [-0.2, 0) is 14.8 Å². The van der Waals surface area contributed by atoms with Gasteiger partial charge in [-0.3, -0.25) is 0 Å². The number of halogens is 1. The van der Waals surface area contributed by atoms with E-state index in [9.17, 15) is 12.8 Å². The Hall–Kier alpha value is -2.34. The van der Waals surface area contributed by atoms with E-state index < -0.39 is 10.0 Å². The summed E-state index contributed by atoms with van der Waals surface area (Å²) in [5.41, 5.74) is 1.08. The molecule has 0 amide bonds. The van der Waals surface area contributed by atoms with Crippen LogP contribution in [0, 0.1) is 12.7 Å². The maximum absolute atomic E-state index is 13.8. The number of aryl methyl sites for hydroxylation is 1. The Morgan fingerprint density at radius 1 is 1.19 bits per heavy atom. The van der Waals surface area contributed by atoms with Crippen LogP contribution in [-0.4, -0.2) is 54.2 Å². The first-order valence-corrected chi connectivity index (χ1v) is 12.0. The van der Waals surface area contributed by atoms with Gasteiger partial charge in [-0.05, 0) is 37.6 Å². The minimum Gasteiger partial charge on any atom is -0.379 e. The SMILES string of the molecule is Cc1ccc(-c2noc([C@@H](C)Sc3ccc(S(=O)(=O)N4CCOCC4)cn3)n2)cc1F. The molecule has 0 radical (unpaired) electrons. The van der Waals surface area contributed by atoms with Crippen molar-refractivity contribution >= 4 is 21.8 Å². The minimum absolute atomic E-state index is 0.146. The minimum atomic E-state index is -3.58. The lowest BCUT2D eigenvalue weighted by atomic mass is 10.1. The number of morpholine rings is 1. The summed E-state index contributed by atoms with van der Waals surface area (Å²) in [5, 5.41) is 4.33. The van der Waals surface area contributed by atoms with Crippen molar-refractivity contribution in [1.82, 2.24) is 19.4 Å². The van der Waals surface area contributed by atoms with Crippen molar-refractivity contribution in [2.24, 2.45) is 0 Å². The molecule has 0 saturated carbocycles. The van der Waals surface area contributed by atoms with Crippen LogP contribution < -0.4 is 0 Å². The summed E-state index contributed by atoms with van der Waals surface area (Å²) in [6.07, 6.45) is 1.36. The van der Waals surface area contributed by atoms with Gasteiger partial charge < -0.3 is 9.26 Å². The van der Waals surface area contributed by atoms with Gasteiger partial charge in [-0.1, -0.05) is 29.1 Å². The molecule has 1 aliphatic rings. The molecular formula is C20H21FN4O4S2. The first-order chi connectivity index (χ1) is 14.8. The number of hydrogen-bond donors (Lipinski definition) is 0. The summed E-state index contributed by atoms with van der Waals surface area (Å²) in [6, 6.07) is 7.97. The summed E-state index contributed by atoms with van der Waals surface area (Å²) in [6.45, 7) is 5.00. The van der Waals surface area contributed by atoms with E-state index in [4.69, 9.17) is 9.26 Å². The molecule has 0 aliphatic carbocycles. The Bertz CT molecular complexity index is 1160. The van der Waals surface area contributed by atoms with Crippen LogP contribution in [0.1, 0.15) is 23.6 Å². The van der Waals surface area contributed by atoms with E-state index in [0.29, 0.717) is 54.2 Å². The van der Waals surface area contributed by atoms with Crippen molar-refractivity contribution in [2.75, 3.05) is 26.3 Å². The van der Waals surface area contributed by atoms with Gasteiger partial charge in [0.25, 0.3) is 0 Å². The van der Waals surface area contributed by atoms with Gasteiger partial charge in [0.1, 0.15) is 10.7 Å². The monoisotopic (exact) mass is 464 g/mol. The Morgan fingerprint density at radius 3 is 2.65 bits per heavy atom. The van der Waals surface area contributed by atoms with E-state index in [1.165, 1.54) is 28.3 Å². The summed E-state index contributed by atoms with van der Waals surface area (Å²) in [4.78, 5) is 8.78. The molecule has 0 bridgehead atoms. The third-order valence-corrected chi connectivity index (χ3v) is 7.75. The van der Waals surface area contributed by atoms with Crippen LogP contribution in [0.25, 0.3) is 11.4 Å². The van der Waals surface area contributed by atoms with Crippen molar-refractivity contribution in [3.8, 4) is 11.4 Å². The predicted molar refractivity (Wildman–Crippen MR) is 113 cm³/mol. The number of nitrogens with zero attached hydrogens (tertiary/aromatic N) is 4. The standard InChI is InChI=1S/C20H21FN4O4S2/c1-13-3-4-15(11-17(13)21)19-23-20(29-24-19)14(2)30-18-6-5-16(12-22-18)31(26,27)25-7-9-28-10-8-25/h3-6,11-12,14H,7-10H2,1-2H3/t14-/m1/s1. The summed E-state index contributed by atoms with van der Waals surface area (Å²) in [7, 11) is -3.58. The van der Waals surface area contributed by atoms with Gasteiger partial charge >= 0.3 is 0 Å². The summed E-state index contributed by atoms with van der Waals surface area (Å²) < 4.78 is 51.1. The zero-order valence-electron chi connectivity index (χ0n) is 17.0. The van der Waals surface area contributed by atoms with E-state index in [2.05, 4.69) is 15.1 Å². The van der Waals surface area contributed by atoms with E-state index >= 15 is 0 Å². The smallest absolute Gasteiger partial charge is 0.244 e. The molecule has 11 heteroatoms. The van der Waals surface area contributed by atoms with Gasteiger partial charge in [-0.2, -0.15) is 9.29 Å². The molecule has 31 heavy (non-hydrogen) atoms. The van der Waals surface area contributed by atoms with Crippen LogP contribution >= 0.6 is 11.8 Å². The molecule has 1 fully saturated rings. The second kappa shape index (κ2) is 9.03. The third-order valence-electron chi connectivity index (χ3n) is 4.83. The normalized spacial score (nSPS) is 16.4. The molecule has 1 aromatic carbocycles. The van der Waals surface area contributed by atoms with E-state index in [-0.39, 0.29) is 16.0 Å². The molecule has 4 rings (SSSR count). The van der Waals surface area contributed by atoms with Gasteiger partial charge in [-0.25, -0.2) is 17.8 Å². The fraction of sp³-hybridized carbons (Fsp3) is 0.350. The molecule has 3 aromatic rings. The van der Waals surface area contributed by atoms with E-state index in [1.54, 1.807) is 31.2 Å². The first-order valence-electron chi connectivity index (χ1n) is 9.65. The molecule has 1 atom stereocenters. The Kier molecular flexibility index (Phi) is 6.37. The Labute approximate surface area is 183 Å². The highest BCUT2D eigenvalue weighted by Crippen LogP contribution is 2.34. The van der Waals surface area contributed by atoms with E-state index in [0.717, 1.165) is 0 Å². The fourth-order valence-electron chi connectivity index (χ4n) is 3.01. The highest BCUT2D eigenvalue weighted by molar-refractivity contribution is 7.99. The number of rotatable bonds is 6. The van der Waals surface area contributed by atoms with Crippen molar-refractivity contribution in [2.45, 2.75) is 29.0 Å². The molecule has 2 aromatic heterocycles. The number of thioether (sulfide) groups is 1. The zero-order chi connectivity index (χ0) is 22.0. The number of aromatic nitrogens is 3. The number of hydrogen-bond acceptors (Lipinski definition) is 8. The maximum Gasteiger partial charge on any atom is 0.244 e. The number of sulfonamides is 1. The zero-order valence-corrected chi connectivity index (χ0v) is 18.6. The highest BCUT2D eigenvalue weighted by Gasteiger charge is 2.27. The number of ether oxygens (including phenoxy) is 1.